The van der Waals surface area contributed by atoms with Crippen LogP contribution in [0.2, 0.25) is 0 Å². The third-order valence-electron chi connectivity index (χ3n) is 2.95. The van der Waals surface area contributed by atoms with Crippen molar-refractivity contribution in [3.05, 3.63) is 57.4 Å². The summed E-state index contributed by atoms with van der Waals surface area (Å²) in [5, 5.41) is 0. The summed E-state index contributed by atoms with van der Waals surface area (Å²) in [4.78, 5) is 14.5. The first kappa shape index (κ1) is 11.9. The zero-order valence-electron chi connectivity index (χ0n) is 9.88. The van der Waals surface area contributed by atoms with Gasteiger partial charge in [-0.2, -0.15) is 0 Å². The van der Waals surface area contributed by atoms with Gasteiger partial charge in [0.15, 0.2) is 0 Å². The molecule has 1 aromatic carbocycles. The van der Waals surface area contributed by atoms with Gasteiger partial charge in [-0.15, -0.1) is 11.6 Å². The van der Waals surface area contributed by atoms with Crippen molar-refractivity contribution >= 4 is 11.6 Å². The van der Waals surface area contributed by atoms with Crippen molar-refractivity contribution in [1.29, 1.82) is 0 Å². The van der Waals surface area contributed by atoms with Gasteiger partial charge in [0.2, 0.25) is 0 Å². The van der Waals surface area contributed by atoms with Gasteiger partial charge < -0.3 is 4.98 Å². The first-order valence-corrected chi connectivity index (χ1v) is 6.01. The Kier molecular flexibility index (Phi) is 3.34. The molecular weight excluding hydrogens is 234 g/mol. The fourth-order valence-electron chi connectivity index (χ4n) is 1.69. The molecule has 88 valence electrons. The van der Waals surface area contributed by atoms with Crippen LogP contribution in [0.25, 0.3) is 11.3 Å². The molecular formula is C14H14ClNO. The smallest absolute Gasteiger partial charge is 0.252 e. The van der Waals surface area contributed by atoms with E-state index in [2.05, 4.69) is 31.0 Å². The number of hydrogen-bond donors (Lipinski definition) is 1. The fraction of sp³-hybridized carbons (Fsp3) is 0.214. The van der Waals surface area contributed by atoms with Gasteiger partial charge in [0.05, 0.1) is 5.88 Å². The largest absolute Gasteiger partial charge is 0.322 e. The number of hydrogen-bond acceptors (Lipinski definition) is 1. The van der Waals surface area contributed by atoms with Crippen LogP contribution < -0.4 is 5.56 Å². The van der Waals surface area contributed by atoms with Crippen LogP contribution in [-0.4, -0.2) is 4.98 Å². The molecule has 2 rings (SSSR count). The maximum absolute atomic E-state index is 11.7. The van der Waals surface area contributed by atoms with Gasteiger partial charge in [0, 0.05) is 11.3 Å². The highest BCUT2D eigenvalue weighted by Crippen LogP contribution is 2.19. The van der Waals surface area contributed by atoms with Gasteiger partial charge in [-0.25, -0.2) is 0 Å². The second-order valence-electron chi connectivity index (χ2n) is 4.16. The Morgan fingerprint density at radius 3 is 2.47 bits per heavy atom. The summed E-state index contributed by atoms with van der Waals surface area (Å²) < 4.78 is 0. The third kappa shape index (κ3) is 2.42. The van der Waals surface area contributed by atoms with Crippen LogP contribution in [0.4, 0.5) is 0 Å². The Morgan fingerprint density at radius 2 is 1.88 bits per heavy atom. The molecule has 2 nitrogen and oxygen atoms in total. The van der Waals surface area contributed by atoms with Gasteiger partial charge in [-0.05, 0) is 42.7 Å². The average Bonchev–Trinajstić information content (AvgIpc) is 2.32. The number of H-pyrrole nitrogens is 1. The van der Waals surface area contributed by atoms with Gasteiger partial charge in [0.1, 0.15) is 0 Å². The molecule has 0 saturated heterocycles. The molecule has 0 atom stereocenters. The molecule has 2 aromatic rings. The summed E-state index contributed by atoms with van der Waals surface area (Å²) in [6, 6.07) is 9.80. The maximum atomic E-state index is 11.7. The third-order valence-corrected chi connectivity index (χ3v) is 3.24. The molecule has 0 saturated carbocycles. The summed E-state index contributed by atoms with van der Waals surface area (Å²) in [6.07, 6.45) is 0. The molecule has 0 spiro atoms. The lowest BCUT2D eigenvalue weighted by Crippen LogP contribution is -2.11. The number of alkyl halides is 1. The minimum atomic E-state index is -0.115. The zero-order chi connectivity index (χ0) is 12.4. The summed E-state index contributed by atoms with van der Waals surface area (Å²) >= 11 is 5.66. The van der Waals surface area contributed by atoms with Crippen LogP contribution in [0.1, 0.15) is 16.7 Å². The minimum absolute atomic E-state index is 0.115. The Bertz CT molecular complexity index is 601. The van der Waals surface area contributed by atoms with Crippen molar-refractivity contribution in [2.24, 2.45) is 0 Å². The number of benzene rings is 1. The highest BCUT2D eigenvalue weighted by atomic mass is 35.5. The maximum Gasteiger partial charge on any atom is 0.252 e. The van der Waals surface area contributed by atoms with E-state index in [9.17, 15) is 4.79 Å². The van der Waals surface area contributed by atoms with Crippen LogP contribution in [0, 0.1) is 13.8 Å². The first-order chi connectivity index (χ1) is 8.11. The van der Waals surface area contributed by atoms with Crippen molar-refractivity contribution in [2.75, 3.05) is 0 Å². The van der Waals surface area contributed by atoms with Crippen LogP contribution in [0.15, 0.2) is 35.1 Å². The van der Waals surface area contributed by atoms with E-state index >= 15 is 0 Å². The monoisotopic (exact) mass is 247 g/mol. The number of halogens is 1. The predicted molar refractivity (Wildman–Crippen MR) is 71.5 cm³/mol. The quantitative estimate of drug-likeness (QED) is 0.811. The fourth-order valence-corrected chi connectivity index (χ4v) is 1.90. The second kappa shape index (κ2) is 4.76. The van der Waals surface area contributed by atoms with E-state index in [1.165, 1.54) is 11.1 Å². The normalized spacial score (nSPS) is 10.5. The van der Waals surface area contributed by atoms with E-state index in [1.54, 1.807) is 6.07 Å². The van der Waals surface area contributed by atoms with Gasteiger partial charge in [-0.3, -0.25) is 4.79 Å². The molecule has 1 N–H and O–H groups in total. The highest BCUT2D eigenvalue weighted by molar-refractivity contribution is 6.17. The Labute approximate surface area is 105 Å². The van der Waals surface area contributed by atoms with Gasteiger partial charge in [-0.1, -0.05) is 18.2 Å². The summed E-state index contributed by atoms with van der Waals surface area (Å²) in [5.74, 6) is 0.239. The standard InChI is InChI=1S/C14H14ClNO/c1-9-3-4-11(7-10(9)2)13-6-5-12(8-15)14(17)16-13/h3-7H,8H2,1-2H3,(H,16,17). The summed E-state index contributed by atoms with van der Waals surface area (Å²) in [5.41, 5.74) is 4.78. The molecule has 3 heteroatoms. The van der Waals surface area contributed by atoms with Crippen molar-refractivity contribution in [2.45, 2.75) is 19.7 Å². The van der Waals surface area contributed by atoms with Gasteiger partial charge >= 0.3 is 0 Å². The van der Waals surface area contributed by atoms with E-state index in [-0.39, 0.29) is 11.4 Å². The number of aromatic nitrogens is 1. The average molecular weight is 248 g/mol. The highest BCUT2D eigenvalue weighted by Gasteiger charge is 2.03. The number of nitrogens with one attached hydrogen (secondary N) is 1. The molecule has 0 fully saturated rings. The lowest BCUT2D eigenvalue weighted by atomic mass is 10.0. The number of pyridine rings is 1. The van der Waals surface area contributed by atoms with Gasteiger partial charge in [0.25, 0.3) is 5.56 Å². The number of rotatable bonds is 2. The SMILES string of the molecule is Cc1ccc(-c2ccc(CCl)c(=O)[nH]2)cc1C. The van der Waals surface area contributed by atoms with Crippen molar-refractivity contribution in [1.82, 2.24) is 4.98 Å². The molecule has 0 bridgehead atoms. The van der Waals surface area contributed by atoms with Crippen LogP contribution in [-0.2, 0) is 5.88 Å². The van der Waals surface area contributed by atoms with E-state index in [1.807, 2.05) is 12.1 Å². The van der Waals surface area contributed by atoms with E-state index in [0.717, 1.165) is 11.3 Å². The molecule has 0 radical (unpaired) electrons. The van der Waals surface area contributed by atoms with Crippen LogP contribution in [0.3, 0.4) is 0 Å². The first-order valence-electron chi connectivity index (χ1n) is 5.47. The molecule has 0 unspecified atom stereocenters. The Hall–Kier alpha value is -1.54. The van der Waals surface area contributed by atoms with Crippen LogP contribution in [0.5, 0.6) is 0 Å². The van der Waals surface area contributed by atoms with Crippen molar-refractivity contribution in [3.63, 3.8) is 0 Å². The van der Waals surface area contributed by atoms with Crippen molar-refractivity contribution < 1.29 is 0 Å². The van der Waals surface area contributed by atoms with E-state index in [0.29, 0.717) is 5.56 Å². The zero-order valence-corrected chi connectivity index (χ0v) is 10.6. The molecule has 1 aromatic heterocycles. The molecule has 0 aliphatic heterocycles. The lowest BCUT2D eigenvalue weighted by Gasteiger charge is -2.06. The second-order valence-corrected chi connectivity index (χ2v) is 4.43. The minimum Gasteiger partial charge on any atom is -0.322 e. The number of aromatic amines is 1. The van der Waals surface area contributed by atoms with E-state index in [4.69, 9.17) is 11.6 Å². The summed E-state index contributed by atoms with van der Waals surface area (Å²) in [6.45, 7) is 4.13. The van der Waals surface area contributed by atoms with Crippen molar-refractivity contribution in [3.8, 4) is 11.3 Å². The summed E-state index contributed by atoms with van der Waals surface area (Å²) in [7, 11) is 0. The topological polar surface area (TPSA) is 32.9 Å². The Morgan fingerprint density at radius 1 is 1.12 bits per heavy atom. The lowest BCUT2D eigenvalue weighted by molar-refractivity contribution is 1.17. The molecule has 0 aliphatic carbocycles. The molecule has 1 heterocycles. The molecule has 17 heavy (non-hydrogen) atoms. The predicted octanol–water partition coefficient (Wildman–Crippen LogP) is 3.40. The van der Waals surface area contributed by atoms with Crippen LogP contribution >= 0.6 is 11.6 Å². The number of aryl methyl sites for hydroxylation is 2. The van der Waals surface area contributed by atoms with E-state index < -0.39 is 0 Å². The Balaban J connectivity index is 2.50. The molecule has 0 aliphatic rings. The molecule has 0 amide bonds.